The SMILES string of the molecule is Brc1ccc2occc2c1.C.O=C1CCOCC1.OC1(c2ccc3occc3c2)CCOCC1.c1cc2cc(C3CCOCC3)ccc2o1. The molecule has 8 nitrogen and oxygen atoms in total. The van der Waals surface area contributed by atoms with Gasteiger partial charge in [-0.1, -0.05) is 35.5 Å². The van der Waals surface area contributed by atoms with Crippen molar-refractivity contribution in [3.05, 3.63) is 107 Å². The van der Waals surface area contributed by atoms with Crippen LogP contribution in [-0.4, -0.2) is 50.5 Å². The molecule has 1 N–H and O–H groups in total. The molecule has 0 bridgehead atoms. The molecule has 49 heavy (non-hydrogen) atoms. The standard InChI is InChI=1S/C13H14O3.C13H14O2.C8H5BrO.C5H8O2.CH4/c14-13(4-7-15-8-5-13)11-1-2-12-10(9-11)3-6-16-12;1-2-13-12(5-8-15-13)9-11(1)10-3-6-14-7-4-10;9-7-1-2-8-6(5-7)3-4-10-8;6-5-1-3-7-4-2-5;/h1-3,6,9,14H,4-5,7-8H2;1-2,5,8-10H,3-4,6-7H2;1-5H;1-4H2;1H4. The summed E-state index contributed by atoms with van der Waals surface area (Å²) < 4.78 is 32.4. The quantitative estimate of drug-likeness (QED) is 0.188. The number of halogens is 1. The van der Waals surface area contributed by atoms with E-state index in [1.54, 1.807) is 18.8 Å². The van der Waals surface area contributed by atoms with E-state index in [0.717, 1.165) is 63.6 Å². The Hall–Kier alpha value is -3.73. The van der Waals surface area contributed by atoms with Crippen molar-refractivity contribution in [1.29, 1.82) is 0 Å². The predicted molar refractivity (Wildman–Crippen MR) is 195 cm³/mol. The van der Waals surface area contributed by atoms with Crippen LogP contribution in [0.5, 0.6) is 0 Å². The Balaban J connectivity index is 0.000000132. The second kappa shape index (κ2) is 17.8. The van der Waals surface area contributed by atoms with Crippen LogP contribution in [0.1, 0.15) is 63.0 Å². The van der Waals surface area contributed by atoms with Crippen LogP contribution >= 0.6 is 15.9 Å². The van der Waals surface area contributed by atoms with Gasteiger partial charge in [0.1, 0.15) is 22.5 Å². The Morgan fingerprint density at radius 3 is 1.71 bits per heavy atom. The lowest BCUT2D eigenvalue weighted by Gasteiger charge is -2.32. The fourth-order valence-electron chi connectivity index (χ4n) is 6.06. The molecule has 9 heteroatoms. The van der Waals surface area contributed by atoms with Crippen LogP contribution in [0.3, 0.4) is 0 Å². The second-order valence-electron chi connectivity index (χ2n) is 12.2. The number of rotatable bonds is 2. The lowest BCUT2D eigenvalue weighted by molar-refractivity contribution is -0.124. The van der Waals surface area contributed by atoms with Crippen molar-refractivity contribution < 1.29 is 37.4 Å². The summed E-state index contributed by atoms with van der Waals surface area (Å²) in [5, 5.41) is 13.9. The van der Waals surface area contributed by atoms with Crippen molar-refractivity contribution in [2.75, 3.05) is 39.6 Å². The van der Waals surface area contributed by atoms with Gasteiger partial charge in [-0.15, -0.1) is 0 Å². The third kappa shape index (κ3) is 9.93. The Bertz CT molecular complexity index is 1880. The molecule has 0 radical (unpaired) electrons. The Morgan fingerprint density at radius 2 is 1.12 bits per heavy atom. The molecule has 6 heterocycles. The summed E-state index contributed by atoms with van der Waals surface area (Å²) in [4.78, 5) is 10.4. The fourth-order valence-corrected chi connectivity index (χ4v) is 6.44. The molecule has 3 aliphatic rings. The molecular formula is C40H45BrO8. The molecule has 6 aromatic rings. The van der Waals surface area contributed by atoms with E-state index in [9.17, 15) is 9.90 Å². The second-order valence-corrected chi connectivity index (χ2v) is 13.1. The number of ketones is 1. The predicted octanol–water partition coefficient (Wildman–Crippen LogP) is 9.95. The summed E-state index contributed by atoms with van der Waals surface area (Å²) in [6.45, 7) is 4.32. The van der Waals surface area contributed by atoms with Crippen LogP contribution in [0.15, 0.2) is 109 Å². The maximum absolute atomic E-state index is 10.5. The van der Waals surface area contributed by atoms with E-state index in [4.69, 9.17) is 27.5 Å². The number of ether oxygens (including phenoxy) is 3. The molecule has 0 atom stereocenters. The van der Waals surface area contributed by atoms with Gasteiger partial charge in [0.05, 0.1) is 37.6 Å². The molecule has 0 spiro atoms. The molecule has 3 aliphatic heterocycles. The van der Waals surface area contributed by atoms with Crippen LogP contribution in [0.25, 0.3) is 32.9 Å². The van der Waals surface area contributed by atoms with Gasteiger partial charge in [-0.2, -0.15) is 0 Å². The van der Waals surface area contributed by atoms with Crippen LogP contribution in [0.4, 0.5) is 0 Å². The summed E-state index contributed by atoms with van der Waals surface area (Å²) in [7, 11) is 0. The lowest BCUT2D eigenvalue weighted by atomic mass is 9.86. The van der Waals surface area contributed by atoms with E-state index in [1.165, 1.54) is 10.9 Å². The zero-order valence-electron chi connectivity index (χ0n) is 26.9. The topological polar surface area (TPSA) is 104 Å². The molecule has 260 valence electrons. The summed E-state index contributed by atoms with van der Waals surface area (Å²) >= 11 is 3.38. The first-order valence-corrected chi connectivity index (χ1v) is 17.3. The Morgan fingerprint density at radius 1 is 0.612 bits per heavy atom. The minimum absolute atomic E-state index is 0. The van der Waals surface area contributed by atoms with Gasteiger partial charge < -0.3 is 32.6 Å². The van der Waals surface area contributed by atoms with E-state index in [0.29, 0.717) is 63.8 Å². The van der Waals surface area contributed by atoms with Gasteiger partial charge in [0, 0.05) is 72.7 Å². The summed E-state index contributed by atoms with van der Waals surface area (Å²) in [5.41, 5.74) is 4.43. The first kappa shape index (κ1) is 36.5. The minimum atomic E-state index is -0.732. The van der Waals surface area contributed by atoms with Gasteiger partial charge in [-0.05, 0) is 90.6 Å². The van der Waals surface area contributed by atoms with E-state index >= 15 is 0 Å². The van der Waals surface area contributed by atoms with Gasteiger partial charge in [-0.3, -0.25) is 4.79 Å². The van der Waals surface area contributed by atoms with E-state index < -0.39 is 5.60 Å². The zero-order chi connectivity index (χ0) is 33.2. The monoisotopic (exact) mass is 732 g/mol. The molecule has 0 aliphatic carbocycles. The van der Waals surface area contributed by atoms with Crippen molar-refractivity contribution in [2.24, 2.45) is 0 Å². The highest BCUT2D eigenvalue weighted by atomic mass is 79.9. The first-order chi connectivity index (χ1) is 23.5. The third-order valence-corrected chi connectivity index (χ3v) is 9.44. The summed E-state index contributed by atoms with van der Waals surface area (Å²) in [5.74, 6) is 1.00. The number of Topliss-reactive ketones (excluding diaryl/α,β-unsaturated/α-hetero) is 1. The van der Waals surface area contributed by atoms with Crippen LogP contribution in [-0.2, 0) is 24.6 Å². The third-order valence-electron chi connectivity index (χ3n) is 8.94. The van der Waals surface area contributed by atoms with Gasteiger partial charge in [0.2, 0.25) is 0 Å². The number of carbonyl (C=O) groups excluding carboxylic acids is 1. The van der Waals surface area contributed by atoms with Crippen LogP contribution in [0, 0.1) is 0 Å². The molecule has 3 aromatic heterocycles. The van der Waals surface area contributed by atoms with Crippen molar-refractivity contribution in [3.63, 3.8) is 0 Å². The van der Waals surface area contributed by atoms with Crippen molar-refractivity contribution in [1.82, 2.24) is 0 Å². The van der Waals surface area contributed by atoms with E-state index in [1.807, 2.05) is 54.6 Å². The fraction of sp³-hybridized carbons (Fsp3) is 0.375. The molecule has 0 saturated carbocycles. The highest BCUT2D eigenvalue weighted by Gasteiger charge is 2.31. The molecule has 0 amide bonds. The average molecular weight is 734 g/mol. The number of carbonyl (C=O) groups is 1. The van der Waals surface area contributed by atoms with E-state index in [2.05, 4.69) is 34.1 Å². The lowest BCUT2D eigenvalue weighted by Crippen LogP contribution is -2.33. The number of hydrogen-bond donors (Lipinski definition) is 1. The number of furan rings is 3. The Labute approximate surface area is 295 Å². The molecule has 3 fully saturated rings. The maximum Gasteiger partial charge on any atom is 0.137 e. The van der Waals surface area contributed by atoms with Crippen molar-refractivity contribution >= 4 is 54.6 Å². The van der Waals surface area contributed by atoms with Crippen molar-refractivity contribution in [2.45, 2.75) is 57.5 Å². The molecule has 3 saturated heterocycles. The van der Waals surface area contributed by atoms with E-state index in [-0.39, 0.29) is 7.43 Å². The zero-order valence-corrected chi connectivity index (χ0v) is 28.5. The number of fused-ring (bicyclic) bond motifs is 3. The van der Waals surface area contributed by atoms with Crippen LogP contribution in [0.2, 0.25) is 0 Å². The molecule has 9 rings (SSSR count). The van der Waals surface area contributed by atoms with Gasteiger partial charge in [-0.25, -0.2) is 0 Å². The minimum Gasteiger partial charge on any atom is -0.464 e. The highest BCUT2D eigenvalue weighted by Crippen LogP contribution is 2.34. The smallest absolute Gasteiger partial charge is 0.137 e. The molecule has 0 unspecified atom stereocenters. The number of aliphatic hydroxyl groups is 1. The van der Waals surface area contributed by atoms with Crippen molar-refractivity contribution in [3.8, 4) is 0 Å². The highest BCUT2D eigenvalue weighted by molar-refractivity contribution is 9.10. The van der Waals surface area contributed by atoms with Gasteiger partial charge in [0.15, 0.2) is 0 Å². The van der Waals surface area contributed by atoms with Crippen LogP contribution < -0.4 is 0 Å². The largest absolute Gasteiger partial charge is 0.464 e. The van der Waals surface area contributed by atoms with Gasteiger partial charge in [0.25, 0.3) is 0 Å². The molecule has 3 aromatic carbocycles. The van der Waals surface area contributed by atoms with Gasteiger partial charge >= 0.3 is 0 Å². The normalized spacial score (nSPS) is 17.6. The first-order valence-electron chi connectivity index (χ1n) is 16.5. The number of benzene rings is 3. The maximum atomic E-state index is 10.5. The Kier molecular flexibility index (Phi) is 13.3. The molecular weight excluding hydrogens is 688 g/mol. The number of hydrogen-bond acceptors (Lipinski definition) is 8. The summed E-state index contributed by atoms with van der Waals surface area (Å²) in [6.07, 6.45) is 9.97. The average Bonchev–Trinajstić information content (AvgIpc) is 3.91. The summed E-state index contributed by atoms with van der Waals surface area (Å²) in [6, 6.07) is 24.2.